The number of hydrogen-bond donors (Lipinski definition) is 1. The van der Waals surface area contributed by atoms with Gasteiger partial charge in [-0.2, -0.15) is 10.2 Å². The summed E-state index contributed by atoms with van der Waals surface area (Å²) < 4.78 is 7.36. The van der Waals surface area contributed by atoms with E-state index in [0.717, 1.165) is 21.9 Å². The largest absolute Gasteiger partial charge is 0.480 e. The first-order valence-corrected chi connectivity index (χ1v) is 7.38. The second kappa shape index (κ2) is 5.85. The molecule has 0 saturated heterocycles. The molecule has 0 bridgehead atoms. The van der Waals surface area contributed by atoms with E-state index in [-0.39, 0.29) is 0 Å². The molecule has 2 aromatic heterocycles. The molecule has 3 rings (SSSR count). The maximum absolute atomic E-state index is 8.67. The Morgan fingerprint density at radius 1 is 1.38 bits per heavy atom. The minimum Gasteiger partial charge on any atom is -0.480 e. The van der Waals surface area contributed by atoms with Gasteiger partial charge in [-0.3, -0.25) is 4.40 Å². The highest BCUT2D eigenvalue weighted by atomic mass is 32.1. The highest BCUT2D eigenvalue weighted by Crippen LogP contribution is 2.24. The van der Waals surface area contributed by atoms with Crippen LogP contribution in [0.15, 0.2) is 35.8 Å². The Hall–Kier alpha value is -2.52. The van der Waals surface area contributed by atoms with Gasteiger partial charge in [-0.1, -0.05) is 12.1 Å². The highest BCUT2D eigenvalue weighted by molar-refractivity contribution is 7.15. The van der Waals surface area contributed by atoms with Crippen LogP contribution in [0.2, 0.25) is 0 Å². The monoisotopic (exact) mass is 298 g/mol. The van der Waals surface area contributed by atoms with Crippen molar-refractivity contribution >= 4 is 22.0 Å². The molecule has 0 saturated carbocycles. The third-order valence-corrected chi connectivity index (χ3v) is 3.97. The number of methoxy groups -OCH3 is 1. The standard InChI is InChI=1S/C15H14N4OS/c1-20-14-13(19-8-9-21-15(19)18-14)10-17-12-4-2-11(3-5-12)6-7-16/h2-5,8-9,17H,6,10H2,1H3. The summed E-state index contributed by atoms with van der Waals surface area (Å²) >= 11 is 1.58. The molecule has 0 radical (unpaired) electrons. The lowest BCUT2D eigenvalue weighted by atomic mass is 10.1. The lowest BCUT2D eigenvalue weighted by Crippen LogP contribution is -2.03. The number of rotatable bonds is 5. The van der Waals surface area contributed by atoms with Crippen LogP contribution in [0.25, 0.3) is 4.96 Å². The van der Waals surface area contributed by atoms with E-state index in [4.69, 9.17) is 10.00 Å². The van der Waals surface area contributed by atoms with Gasteiger partial charge in [0.15, 0.2) is 4.96 Å². The molecule has 0 spiro atoms. The summed E-state index contributed by atoms with van der Waals surface area (Å²) in [7, 11) is 1.63. The molecular weight excluding hydrogens is 284 g/mol. The molecule has 0 aliphatic carbocycles. The van der Waals surface area contributed by atoms with Crippen molar-refractivity contribution in [2.75, 3.05) is 12.4 Å². The van der Waals surface area contributed by atoms with Crippen LogP contribution in [-0.2, 0) is 13.0 Å². The minimum atomic E-state index is 0.437. The number of imidazole rings is 1. The number of hydrogen-bond acceptors (Lipinski definition) is 5. The van der Waals surface area contributed by atoms with E-state index in [2.05, 4.69) is 16.4 Å². The van der Waals surface area contributed by atoms with Crippen molar-refractivity contribution in [1.29, 1.82) is 5.26 Å². The Balaban J connectivity index is 1.76. The fraction of sp³-hybridized carbons (Fsp3) is 0.200. The Kier molecular flexibility index (Phi) is 3.75. The zero-order valence-corrected chi connectivity index (χ0v) is 12.4. The van der Waals surface area contributed by atoms with E-state index >= 15 is 0 Å². The van der Waals surface area contributed by atoms with Crippen LogP contribution < -0.4 is 10.1 Å². The van der Waals surface area contributed by atoms with Gasteiger partial charge in [-0.25, -0.2) is 0 Å². The molecule has 5 nitrogen and oxygen atoms in total. The number of aromatic nitrogens is 2. The van der Waals surface area contributed by atoms with E-state index < -0.39 is 0 Å². The molecule has 0 atom stereocenters. The van der Waals surface area contributed by atoms with Crippen molar-refractivity contribution in [3.63, 3.8) is 0 Å². The van der Waals surface area contributed by atoms with Gasteiger partial charge in [0.25, 0.3) is 0 Å². The Morgan fingerprint density at radius 2 is 2.19 bits per heavy atom. The number of anilines is 1. The van der Waals surface area contributed by atoms with Crippen LogP contribution in [0.5, 0.6) is 5.88 Å². The Morgan fingerprint density at radius 3 is 2.90 bits per heavy atom. The average molecular weight is 298 g/mol. The number of ether oxygens (including phenoxy) is 1. The van der Waals surface area contributed by atoms with E-state index in [9.17, 15) is 0 Å². The first-order valence-electron chi connectivity index (χ1n) is 6.50. The summed E-state index contributed by atoms with van der Waals surface area (Å²) in [5.74, 6) is 0.649. The second-order valence-corrected chi connectivity index (χ2v) is 5.38. The van der Waals surface area contributed by atoms with E-state index in [0.29, 0.717) is 18.8 Å². The molecular formula is C15H14N4OS. The van der Waals surface area contributed by atoms with E-state index in [1.54, 1.807) is 18.4 Å². The lowest BCUT2D eigenvalue weighted by molar-refractivity contribution is 0.395. The van der Waals surface area contributed by atoms with Crippen molar-refractivity contribution in [3.8, 4) is 11.9 Å². The van der Waals surface area contributed by atoms with Crippen LogP contribution in [0.3, 0.4) is 0 Å². The summed E-state index contributed by atoms with van der Waals surface area (Å²) in [5.41, 5.74) is 3.02. The summed E-state index contributed by atoms with van der Waals surface area (Å²) in [6.07, 6.45) is 2.43. The van der Waals surface area contributed by atoms with Crippen molar-refractivity contribution < 1.29 is 4.74 Å². The SMILES string of the molecule is COc1nc2sccn2c1CNc1ccc(CC#N)cc1. The van der Waals surface area contributed by atoms with Gasteiger partial charge in [0.2, 0.25) is 5.88 Å². The predicted molar refractivity (Wildman–Crippen MR) is 82.7 cm³/mol. The molecule has 2 heterocycles. The van der Waals surface area contributed by atoms with Gasteiger partial charge >= 0.3 is 0 Å². The summed E-state index contributed by atoms with van der Waals surface area (Å²) in [4.78, 5) is 5.35. The first-order chi connectivity index (χ1) is 10.3. The third kappa shape index (κ3) is 2.69. The molecule has 0 unspecified atom stereocenters. The van der Waals surface area contributed by atoms with Crippen molar-refractivity contribution in [3.05, 3.63) is 47.1 Å². The molecule has 1 N–H and O–H groups in total. The molecule has 0 aliphatic rings. The second-order valence-electron chi connectivity index (χ2n) is 4.51. The number of fused-ring (bicyclic) bond motifs is 1. The van der Waals surface area contributed by atoms with Gasteiger partial charge in [0.1, 0.15) is 5.69 Å². The number of nitriles is 1. The van der Waals surface area contributed by atoms with Crippen LogP contribution in [0.4, 0.5) is 5.69 Å². The highest BCUT2D eigenvalue weighted by Gasteiger charge is 2.13. The zero-order valence-electron chi connectivity index (χ0n) is 11.5. The normalized spacial score (nSPS) is 10.5. The molecule has 1 aromatic carbocycles. The minimum absolute atomic E-state index is 0.437. The maximum atomic E-state index is 8.67. The summed E-state index contributed by atoms with van der Waals surface area (Å²) in [6.45, 7) is 0.624. The van der Waals surface area contributed by atoms with Gasteiger partial charge in [-0.15, -0.1) is 11.3 Å². The molecule has 0 aliphatic heterocycles. The summed E-state index contributed by atoms with van der Waals surface area (Å²) in [6, 6.07) is 10.0. The van der Waals surface area contributed by atoms with Gasteiger partial charge in [-0.05, 0) is 17.7 Å². The van der Waals surface area contributed by atoms with Crippen molar-refractivity contribution in [1.82, 2.24) is 9.38 Å². The smallest absolute Gasteiger partial charge is 0.238 e. The number of thiazole rings is 1. The molecule has 3 aromatic rings. The predicted octanol–water partition coefficient (Wildman–Crippen LogP) is 3.08. The third-order valence-electron chi connectivity index (χ3n) is 3.21. The molecule has 0 amide bonds. The Bertz CT molecular complexity index is 782. The maximum Gasteiger partial charge on any atom is 0.238 e. The molecule has 106 valence electrons. The van der Waals surface area contributed by atoms with Crippen molar-refractivity contribution in [2.45, 2.75) is 13.0 Å². The molecule has 6 heteroatoms. The van der Waals surface area contributed by atoms with Crippen molar-refractivity contribution in [2.24, 2.45) is 0 Å². The van der Waals surface area contributed by atoms with Crippen LogP contribution in [0.1, 0.15) is 11.3 Å². The number of benzene rings is 1. The Labute approximate surface area is 126 Å². The summed E-state index contributed by atoms with van der Waals surface area (Å²) in [5, 5.41) is 14.0. The average Bonchev–Trinajstić information content (AvgIpc) is 3.07. The van der Waals surface area contributed by atoms with Crippen LogP contribution >= 0.6 is 11.3 Å². The fourth-order valence-electron chi connectivity index (χ4n) is 2.15. The number of nitrogens with one attached hydrogen (secondary N) is 1. The van der Waals surface area contributed by atoms with E-state index in [1.807, 2.05) is 40.2 Å². The zero-order chi connectivity index (χ0) is 14.7. The van der Waals surface area contributed by atoms with Gasteiger partial charge < -0.3 is 10.1 Å². The van der Waals surface area contributed by atoms with Crippen LogP contribution in [-0.4, -0.2) is 16.5 Å². The van der Waals surface area contributed by atoms with Crippen LogP contribution in [0, 0.1) is 11.3 Å². The fourth-order valence-corrected chi connectivity index (χ4v) is 2.88. The number of nitrogens with zero attached hydrogens (tertiary/aromatic N) is 3. The van der Waals surface area contributed by atoms with Gasteiger partial charge in [0.05, 0.1) is 26.1 Å². The first kappa shape index (κ1) is 13.5. The molecule has 0 fully saturated rings. The topological polar surface area (TPSA) is 62.4 Å². The quantitative estimate of drug-likeness (QED) is 0.786. The molecule has 21 heavy (non-hydrogen) atoms. The van der Waals surface area contributed by atoms with Gasteiger partial charge in [0, 0.05) is 17.3 Å². The van der Waals surface area contributed by atoms with E-state index in [1.165, 1.54) is 0 Å². The lowest BCUT2D eigenvalue weighted by Gasteiger charge is -2.07.